The summed E-state index contributed by atoms with van der Waals surface area (Å²) >= 11 is 0. The van der Waals surface area contributed by atoms with Gasteiger partial charge in [-0.15, -0.1) is 0 Å². The lowest BCUT2D eigenvalue weighted by atomic mass is 10.1. The van der Waals surface area contributed by atoms with E-state index in [0.717, 1.165) is 30.7 Å². The maximum Gasteiger partial charge on any atom is 0.246 e. The number of nitrogens with two attached hydrogens (primary N) is 1. The van der Waals surface area contributed by atoms with E-state index in [2.05, 4.69) is 6.92 Å². The summed E-state index contributed by atoms with van der Waals surface area (Å²) in [7, 11) is 0. The molecule has 4 heteroatoms. The van der Waals surface area contributed by atoms with Gasteiger partial charge in [-0.25, -0.2) is 0 Å². The number of benzene rings is 1. The molecule has 4 nitrogen and oxygen atoms in total. The van der Waals surface area contributed by atoms with Crippen molar-refractivity contribution in [2.45, 2.75) is 38.8 Å². The Morgan fingerprint density at radius 3 is 2.95 bits per heavy atom. The Kier molecular flexibility index (Phi) is 5.39. The highest BCUT2D eigenvalue weighted by Crippen LogP contribution is 2.21. The molecule has 1 unspecified atom stereocenters. The molecule has 0 aromatic heterocycles. The average molecular weight is 288 g/mol. The maximum absolute atomic E-state index is 12.1. The van der Waals surface area contributed by atoms with Crippen molar-refractivity contribution in [1.29, 1.82) is 0 Å². The van der Waals surface area contributed by atoms with Crippen molar-refractivity contribution in [2.75, 3.05) is 13.1 Å². The summed E-state index contributed by atoms with van der Waals surface area (Å²) < 4.78 is 5.87. The van der Waals surface area contributed by atoms with Crippen LogP contribution < -0.4 is 10.5 Å². The third kappa shape index (κ3) is 4.33. The number of likely N-dealkylation sites (tertiary alicyclic amines) is 1. The van der Waals surface area contributed by atoms with E-state index < -0.39 is 0 Å². The second kappa shape index (κ2) is 7.27. The molecule has 1 saturated heterocycles. The largest absolute Gasteiger partial charge is 0.490 e. The number of amides is 1. The van der Waals surface area contributed by atoms with Crippen molar-refractivity contribution >= 4 is 12.0 Å². The van der Waals surface area contributed by atoms with E-state index in [1.54, 1.807) is 11.0 Å². The summed E-state index contributed by atoms with van der Waals surface area (Å²) in [5.74, 6) is 0.829. The zero-order valence-corrected chi connectivity index (χ0v) is 12.8. The van der Waals surface area contributed by atoms with Gasteiger partial charge in [0.25, 0.3) is 0 Å². The van der Waals surface area contributed by atoms with Gasteiger partial charge in [0.1, 0.15) is 5.75 Å². The van der Waals surface area contributed by atoms with Crippen LogP contribution in [0.15, 0.2) is 30.3 Å². The first-order chi connectivity index (χ1) is 10.1. The smallest absolute Gasteiger partial charge is 0.246 e. The minimum Gasteiger partial charge on any atom is -0.490 e. The molecule has 0 radical (unpaired) electrons. The Bertz CT molecular complexity index is 513. The van der Waals surface area contributed by atoms with Crippen LogP contribution >= 0.6 is 0 Å². The van der Waals surface area contributed by atoms with Crippen LogP contribution in [0.1, 0.15) is 32.3 Å². The average Bonchev–Trinajstić information content (AvgIpc) is 2.92. The molecule has 2 atom stereocenters. The summed E-state index contributed by atoms with van der Waals surface area (Å²) in [5.41, 5.74) is 6.75. The van der Waals surface area contributed by atoms with Crippen LogP contribution in [0.4, 0.5) is 0 Å². The van der Waals surface area contributed by atoms with E-state index in [0.29, 0.717) is 6.54 Å². The Morgan fingerprint density at radius 1 is 1.52 bits per heavy atom. The van der Waals surface area contributed by atoms with E-state index in [4.69, 9.17) is 10.5 Å². The number of nitrogens with zero attached hydrogens (tertiary/aromatic N) is 1. The lowest BCUT2D eigenvalue weighted by Gasteiger charge is -2.15. The predicted molar refractivity (Wildman–Crippen MR) is 85.0 cm³/mol. The van der Waals surface area contributed by atoms with Gasteiger partial charge in [-0.3, -0.25) is 4.79 Å². The molecule has 1 heterocycles. The number of rotatable bonds is 5. The molecule has 0 spiro atoms. The van der Waals surface area contributed by atoms with Crippen molar-refractivity contribution < 1.29 is 9.53 Å². The SMILES string of the molecule is CCC(C)Oc1ccccc1/C=C/C(=O)N1CC[C@@H](N)C1. The fourth-order valence-corrected chi connectivity index (χ4v) is 2.28. The number of hydrogen-bond donors (Lipinski definition) is 1. The van der Waals surface area contributed by atoms with Crippen molar-refractivity contribution in [3.8, 4) is 5.75 Å². The molecule has 2 N–H and O–H groups in total. The van der Waals surface area contributed by atoms with E-state index >= 15 is 0 Å². The molecule has 114 valence electrons. The van der Waals surface area contributed by atoms with Gasteiger partial charge in [0.2, 0.25) is 5.91 Å². The molecule has 21 heavy (non-hydrogen) atoms. The number of hydrogen-bond acceptors (Lipinski definition) is 3. The zero-order chi connectivity index (χ0) is 15.2. The molecular formula is C17H24N2O2. The summed E-state index contributed by atoms with van der Waals surface area (Å²) in [5, 5.41) is 0. The van der Waals surface area contributed by atoms with Crippen molar-refractivity contribution in [3.63, 3.8) is 0 Å². The number of para-hydroxylation sites is 1. The fourth-order valence-electron chi connectivity index (χ4n) is 2.28. The first kappa shape index (κ1) is 15.6. The van der Waals surface area contributed by atoms with Gasteiger partial charge in [-0.2, -0.15) is 0 Å². The second-order valence-electron chi connectivity index (χ2n) is 5.54. The first-order valence-corrected chi connectivity index (χ1v) is 7.58. The number of ether oxygens (including phenoxy) is 1. The Morgan fingerprint density at radius 2 is 2.29 bits per heavy atom. The molecule has 0 aliphatic carbocycles. The van der Waals surface area contributed by atoms with E-state index in [9.17, 15) is 4.79 Å². The van der Waals surface area contributed by atoms with Crippen LogP contribution in [-0.2, 0) is 4.79 Å². The van der Waals surface area contributed by atoms with Crippen LogP contribution in [-0.4, -0.2) is 36.0 Å². The third-order valence-electron chi connectivity index (χ3n) is 3.76. The molecule has 1 aromatic rings. The van der Waals surface area contributed by atoms with Gasteiger partial charge < -0.3 is 15.4 Å². The topological polar surface area (TPSA) is 55.6 Å². The molecule has 1 amide bonds. The molecule has 0 bridgehead atoms. The Hall–Kier alpha value is -1.81. The Balaban J connectivity index is 2.04. The van der Waals surface area contributed by atoms with E-state index in [-0.39, 0.29) is 18.1 Å². The van der Waals surface area contributed by atoms with Crippen LogP contribution in [0.5, 0.6) is 5.75 Å². The molecule has 1 fully saturated rings. The van der Waals surface area contributed by atoms with Gasteiger partial charge in [0.15, 0.2) is 0 Å². The lowest BCUT2D eigenvalue weighted by Crippen LogP contribution is -2.30. The minimum atomic E-state index is 0.0151. The fraction of sp³-hybridized carbons (Fsp3) is 0.471. The van der Waals surface area contributed by atoms with Crippen LogP contribution in [0.3, 0.4) is 0 Å². The highest BCUT2D eigenvalue weighted by atomic mass is 16.5. The molecule has 0 saturated carbocycles. The van der Waals surface area contributed by atoms with Crippen molar-refractivity contribution in [1.82, 2.24) is 4.90 Å². The third-order valence-corrected chi connectivity index (χ3v) is 3.76. The summed E-state index contributed by atoms with van der Waals surface area (Å²) in [6.45, 7) is 5.52. The number of carbonyl (C=O) groups excluding carboxylic acids is 1. The molecule has 2 rings (SSSR count). The summed E-state index contributed by atoms with van der Waals surface area (Å²) in [4.78, 5) is 13.9. The minimum absolute atomic E-state index is 0.0151. The van der Waals surface area contributed by atoms with E-state index in [1.807, 2.05) is 37.3 Å². The maximum atomic E-state index is 12.1. The molecule has 1 aliphatic heterocycles. The lowest BCUT2D eigenvalue weighted by molar-refractivity contribution is -0.124. The van der Waals surface area contributed by atoms with Crippen molar-refractivity contribution in [3.05, 3.63) is 35.9 Å². The quantitative estimate of drug-likeness (QED) is 0.847. The zero-order valence-electron chi connectivity index (χ0n) is 12.8. The van der Waals surface area contributed by atoms with Gasteiger partial charge in [0, 0.05) is 30.8 Å². The van der Waals surface area contributed by atoms with Gasteiger partial charge in [0.05, 0.1) is 6.10 Å². The van der Waals surface area contributed by atoms with Crippen LogP contribution in [0, 0.1) is 0 Å². The predicted octanol–water partition coefficient (Wildman–Crippen LogP) is 2.44. The van der Waals surface area contributed by atoms with Gasteiger partial charge >= 0.3 is 0 Å². The number of carbonyl (C=O) groups is 1. The molecular weight excluding hydrogens is 264 g/mol. The summed E-state index contributed by atoms with van der Waals surface area (Å²) in [6, 6.07) is 7.89. The standard InChI is InChI=1S/C17H24N2O2/c1-3-13(2)21-16-7-5-4-6-14(16)8-9-17(20)19-11-10-15(18)12-19/h4-9,13,15H,3,10-12,18H2,1-2H3/b9-8+/t13?,15-/m1/s1. The van der Waals surface area contributed by atoms with Crippen LogP contribution in [0.2, 0.25) is 0 Å². The summed E-state index contributed by atoms with van der Waals surface area (Å²) in [6.07, 6.45) is 5.42. The van der Waals surface area contributed by atoms with Gasteiger partial charge in [-0.1, -0.05) is 25.1 Å². The second-order valence-corrected chi connectivity index (χ2v) is 5.54. The van der Waals surface area contributed by atoms with E-state index in [1.165, 1.54) is 0 Å². The highest BCUT2D eigenvalue weighted by Gasteiger charge is 2.21. The first-order valence-electron chi connectivity index (χ1n) is 7.58. The monoisotopic (exact) mass is 288 g/mol. The normalized spacial score (nSPS) is 20.0. The van der Waals surface area contributed by atoms with Crippen molar-refractivity contribution in [2.24, 2.45) is 5.73 Å². The molecule has 1 aliphatic rings. The molecule has 1 aromatic carbocycles. The van der Waals surface area contributed by atoms with Gasteiger partial charge in [-0.05, 0) is 31.9 Å². The Labute approximate surface area is 126 Å². The van der Waals surface area contributed by atoms with Crippen LogP contribution in [0.25, 0.3) is 6.08 Å². The highest BCUT2D eigenvalue weighted by molar-refractivity contribution is 5.92.